The van der Waals surface area contributed by atoms with E-state index >= 15 is 0 Å². The first-order chi connectivity index (χ1) is 12.6. The van der Waals surface area contributed by atoms with Crippen LogP contribution in [0.15, 0.2) is 53.0 Å². The Labute approximate surface area is 162 Å². The molecule has 0 bridgehead atoms. The molecule has 4 nitrogen and oxygen atoms in total. The van der Waals surface area contributed by atoms with Gasteiger partial charge in [0, 0.05) is 17.4 Å². The second-order valence-corrected chi connectivity index (χ2v) is 7.36. The molecule has 1 atom stereocenters. The van der Waals surface area contributed by atoms with Gasteiger partial charge in [-0.2, -0.15) is 0 Å². The maximum Gasteiger partial charge on any atom is 0.334 e. The molecule has 26 heavy (non-hydrogen) atoms. The molecule has 0 spiro atoms. The Morgan fingerprint density at radius 2 is 1.69 bits per heavy atom. The first-order valence-corrected chi connectivity index (χ1v) is 9.75. The molecule has 0 aromatic heterocycles. The number of amides is 1. The summed E-state index contributed by atoms with van der Waals surface area (Å²) in [6.45, 7) is 2.61. The fraction of sp³-hybridized carbons (Fsp3) is 0.333. The van der Waals surface area contributed by atoms with Crippen molar-refractivity contribution in [2.45, 2.75) is 38.6 Å². The maximum atomic E-state index is 12.5. The van der Waals surface area contributed by atoms with Crippen LogP contribution >= 0.6 is 15.9 Å². The van der Waals surface area contributed by atoms with Crippen molar-refractivity contribution in [3.63, 3.8) is 0 Å². The molecule has 1 fully saturated rings. The van der Waals surface area contributed by atoms with Crippen LogP contribution in [-0.4, -0.2) is 29.4 Å². The third-order valence-corrected chi connectivity index (χ3v) is 5.09. The fourth-order valence-electron chi connectivity index (χ4n) is 3.21. The van der Waals surface area contributed by atoms with Gasteiger partial charge in [0.05, 0.1) is 0 Å². The van der Waals surface area contributed by atoms with Gasteiger partial charge in [-0.05, 0) is 54.7 Å². The Hall–Kier alpha value is -2.14. The third-order valence-electron chi connectivity index (χ3n) is 4.56. The van der Waals surface area contributed by atoms with E-state index in [9.17, 15) is 9.59 Å². The van der Waals surface area contributed by atoms with Crippen LogP contribution < -0.4 is 4.74 Å². The van der Waals surface area contributed by atoms with Crippen molar-refractivity contribution in [2.75, 3.05) is 6.54 Å². The van der Waals surface area contributed by atoms with E-state index in [0.717, 1.165) is 28.4 Å². The predicted molar refractivity (Wildman–Crippen MR) is 105 cm³/mol. The van der Waals surface area contributed by atoms with Gasteiger partial charge < -0.3 is 9.64 Å². The monoisotopic (exact) mass is 415 g/mol. The van der Waals surface area contributed by atoms with Gasteiger partial charge in [-0.25, -0.2) is 4.79 Å². The molecule has 0 saturated carbocycles. The van der Waals surface area contributed by atoms with Crippen LogP contribution in [0, 0.1) is 0 Å². The average Bonchev–Trinajstić information content (AvgIpc) is 3.13. The van der Waals surface area contributed by atoms with Gasteiger partial charge in [0.15, 0.2) is 0 Å². The fourth-order valence-corrected chi connectivity index (χ4v) is 3.47. The summed E-state index contributed by atoms with van der Waals surface area (Å²) in [5.41, 5.74) is 2.15. The smallest absolute Gasteiger partial charge is 0.334 e. The first kappa shape index (κ1) is 18.6. The molecule has 3 rings (SSSR count). The lowest BCUT2D eigenvalue weighted by Crippen LogP contribution is -2.42. The summed E-state index contributed by atoms with van der Waals surface area (Å²) in [6.07, 6.45) is 2.78. The quantitative estimate of drug-likeness (QED) is 0.519. The van der Waals surface area contributed by atoms with Crippen LogP contribution in [0.1, 0.15) is 32.6 Å². The number of benzene rings is 2. The van der Waals surface area contributed by atoms with Gasteiger partial charge >= 0.3 is 5.97 Å². The van der Waals surface area contributed by atoms with E-state index in [4.69, 9.17) is 4.74 Å². The number of hydrogen-bond donors (Lipinski definition) is 0. The average molecular weight is 416 g/mol. The Balaban J connectivity index is 1.66. The Kier molecular flexibility index (Phi) is 6.09. The molecule has 1 amide bonds. The number of esters is 1. The van der Waals surface area contributed by atoms with Crippen LogP contribution in [0.4, 0.5) is 0 Å². The van der Waals surface area contributed by atoms with Crippen molar-refractivity contribution in [1.82, 2.24) is 4.90 Å². The number of likely N-dealkylation sites (tertiary alicyclic amines) is 1. The van der Waals surface area contributed by atoms with Gasteiger partial charge in [0.2, 0.25) is 5.91 Å². The summed E-state index contributed by atoms with van der Waals surface area (Å²) in [4.78, 5) is 26.3. The van der Waals surface area contributed by atoms with Gasteiger partial charge in [-0.15, -0.1) is 0 Å². The molecular weight excluding hydrogens is 394 g/mol. The van der Waals surface area contributed by atoms with Gasteiger partial charge in [0.25, 0.3) is 0 Å². The standard InChI is InChI=1S/C21H22BrNO3/c1-2-4-20(24)23-14-3-5-19(23)21(25)26-18-12-8-16(9-13-18)15-6-10-17(22)11-7-15/h6-13,19H,2-5,14H2,1H3. The SMILES string of the molecule is CCCC(=O)N1CCCC1C(=O)Oc1ccc(-c2ccc(Br)cc2)cc1. The molecule has 1 unspecified atom stereocenters. The van der Waals surface area contributed by atoms with Gasteiger partial charge in [0.1, 0.15) is 11.8 Å². The maximum absolute atomic E-state index is 12.5. The number of ether oxygens (including phenoxy) is 1. The van der Waals surface area contributed by atoms with E-state index in [1.54, 1.807) is 17.0 Å². The summed E-state index contributed by atoms with van der Waals surface area (Å²) in [7, 11) is 0. The zero-order valence-electron chi connectivity index (χ0n) is 14.8. The van der Waals surface area contributed by atoms with Crippen molar-refractivity contribution < 1.29 is 14.3 Å². The van der Waals surface area contributed by atoms with Gasteiger partial charge in [-0.3, -0.25) is 4.79 Å². The zero-order valence-corrected chi connectivity index (χ0v) is 16.4. The number of carbonyl (C=O) groups excluding carboxylic acids is 2. The highest BCUT2D eigenvalue weighted by Crippen LogP contribution is 2.25. The Morgan fingerprint density at radius 1 is 1.08 bits per heavy atom. The van der Waals surface area contributed by atoms with Crippen LogP contribution in [-0.2, 0) is 9.59 Å². The number of carbonyl (C=O) groups is 2. The Bertz CT molecular complexity index is 771. The largest absolute Gasteiger partial charge is 0.425 e. The van der Waals surface area contributed by atoms with Crippen molar-refractivity contribution >= 4 is 27.8 Å². The van der Waals surface area contributed by atoms with Crippen LogP contribution in [0.5, 0.6) is 5.75 Å². The topological polar surface area (TPSA) is 46.6 Å². The first-order valence-electron chi connectivity index (χ1n) is 8.95. The lowest BCUT2D eigenvalue weighted by molar-refractivity contribution is -0.146. The number of nitrogens with zero attached hydrogens (tertiary/aromatic N) is 1. The minimum atomic E-state index is -0.458. The van der Waals surface area contributed by atoms with E-state index in [-0.39, 0.29) is 11.9 Å². The molecule has 5 heteroatoms. The summed E-state index contributed by atoms with van der Waals surface area (Å²) in [5, 5.41) is 0. The van der Waals surface area contributed by atoms with Crippen molar-refractivity contribution in [3.05, 3.63) is 53.0 Å². The van der Waals surface area contributed by atoms with Crippen molar-refractivity contribution in [1.29, 1.82) is 0 Å². The number of halogens is 1. The zero-order chi connectivity index (χ0) is 18.5. The highest BCUT2D eigenvalue weighted by Gasteiger charge is 2.34. The minimum Gasteiger partial charge on any atom is -0.425 e. The summed E-state index contributed by atoms with van der Waals surface area (Å²) >= 11 is 3.43. The van der Waals surface area contributed by atoms with E-state index < -0.39 is 6.04 Å². The molecule has 1 aliphatic heterocycles. The normalized spacial score (nSPS) is 16.5. The molecule has 2 aromatic carbocycles. The lowest BCUT2D eigenvalue weighted by Gasteiger charge is -2.23. The van der Waals surface area contributed by atoms with Crippen LogP contribution in [0.2, 0.25) is 0 Å². The van der Waals surface area contributed by atoms with E-state index in [1.807, 2.05) is 43.3 Å². The lowest BCUT2D eigenvalue weighted by atomic mass is 10.1. The van der Waals surface area contributed by atoms with E-state index in [1.165, 1.54) is 0 Å². The van der Waals surface area contributed by atoms with Gasteiger partial charge in [-0.1, -0.05) is 47.1 Å². The van der Waals surface area contributed by atoms with E-state index in [0.29, 0.717) is 25.1 Å². The highest BCUT2D eigenvalue weighted by molar-refractivity contribution is 9.10. The number of rotatable bonds is 5. The third kappa shape index (κ3) is 4.33. The summed E-state index contributed by atoms with van der Waals surface area (Å²) in [5.74, 6) is 0.200. The second-order valence-electron chi connectivity index (χ2n) is 6.45. The predicted octanol–water partition coefficient (Wildman–Crippen LogP) is 4.81. The molecule has 0 N–H and O–H groups in total. The molecule has 0 radical (unpaired) electrons. The molecule has 2 aromatic rings. The minimum absolute atomic E-state index is 0.0394. The number of hydrogen-bond acceptors (Lipinski definition) is 3. The van der Waals surface area contributed by atoms with Crippen LogP contribution in [0.25, 0.3) is 11.1 Å². The molecule has 1 heterocycles. The van der Waals surface area contributed by atoms with E-state index in [2.05, 4.69) is 15.9 Å². The van der Waals surface area contributed by atoms with Crippen molar-refractivity contribution in [2.24, 2.45) is 0 Å². The Morgan fingerprint density at radius 3 is 2.31 bits per heavy atom. The van der Waals surface area contributed by atoms with Crippen molar-refractivity contribution in [3.8, 4) is 16.9 Å². The summed E-state index contributed by atoms with van der Waals surface area (Å²) in [6, 6.07) is 15.0. The molecular formula is C21H22BrNO3. The molecule has 1 aliphatic rings. The highest BCUT2D eigenvalue weighted by atomic mass is 79.9. The second kappa shape index (κ2) is 8.49. The molecule has 1 saturated heterocycles. The summed E-state index contributed by atoms with van der Waals surface area (Å²) < 4.78 is 6.56. The van der Waals surface area contributed by atoms with Crippen LogP contribution in [0.3, 0.4) is 0 Å². The molecule has 0 aliphatic carbocycles. The molecule has 136 valence electrons.